The minimum atomic E-state index is -0.829. The molecule has 0 bridgehead atoms. The average Bonchev–Trinajstić information content (AvgIpc) is 2.98. The summed E-state index contributed by atoms with van der Waals surface area (Å²) in [5.41, 5.74) is 3.57. The van der Waals surface area contributed by atoms with Gasteiger partial charge in [-0.1, -0.05) is 117 Å². The lowest BCUT2D eigenvalue weighted by atomic mass is 9.99. The first-order valence-electron chi connectivity index (χ1n) is 14.0. The summed E-state index contributed by atoms with van der Waals surface area (Å²) >= 11 is 0. The lowest BCUT2D eigenvalue weighted by Crippen LogP contribution is -2.48. The van der Waals surface area contributed by atoms with E-state index in [1.54, 1.807) is 12.1 Å². The smallest absolute Gasteiger partial charge is 0.328 e. The quantitative estimate of drug-likeness (QED) is 0.185. The normalized spacial score (nSPS) is 12.6. The molecule has 4 aromatic carbocycles. The summed E-state index contributed by atoms with van der Waals surface area (Å²) < 4.78 is 19.6. The molecular formula is C35H37FN2O3. The van der Waals surface area contributed by atoms with Gasteiger partial charge >= 0.3 is 5.97 Å². The van der Waals surface area contributed by atoms with Crippen LogP contribution in [-0.4, -0.2) is 22.8 Å². The number of ether oxygens (including phenoxy) is 1. The molecule has 1 N–H and O–H groups in total. The summed E-state index contributed by atoms with van der Waals surface area (Å²) in [5, 5.41) is 3.00. The summed E-state index contributed by atoms with van der Waals surface area (Å²) in [4.78, 5) is 29.5. The molecule has 0 aromatic heterocycles. The van der Waals surface area contributed by atoms with Gasteiger partial charge in [0.05, 0.1) is 0 Å². The molecule has 0 saturated carbocycles. The predicted octanol–water partition coefficient (Wildman–Crippen LogP) is 6.84. The number of rotatable bonds is 13. The van der Waals surface area contributed by atoms with E-state index in [0.717, 1.165) is 16.7 Å². The fourth-order valence-electron chi connectivity index (χ4n) is 4.81. The first-order chi connectivity index (χ1) is 19.9. The van der Waals surface area contributed by atoms with Crippen molar-refractivity contribution in [1.29, 1.82) is 0 Å². The molecule has 2 atom stereocenters. The van der Waals surface area contributed by atoms with Crippen LogP contribution in [0.4, 0.5) is 4.39 Å². The van der Waals surface area contributed by atoms with Crippen molar-refractivity contribution in [3.8, 4) is 0 Å². The summed E-state index contributed by atoms with van der Waals surface area (Å²) in [6.07, 6.45) is 0.423. The van der Waals surface area contributed by atoms with Crippen LogP contribution < -0.4 is 5.32 Å². The second-order valence-electron chi connectivity index (χ2n) is 10.6. The maximum Gasteiger partial charge on any atom is 0.328 e. The topological polar surface area (TPSA) is 58.6 Å². The number of hydrogen-bond acceptors (Lipinski definition) is 4. The largest absolute Gasteiger partial charge is 0.459 e. The Balaban J connectivity index is 1.64. The highest BCUT2D eigenvalue weighted by Crippen LogP contribution is 2.27. The molecule has 0 fully saturated rings. The highest BCUT2D eigenvalue weighted by Gasteiger charge is 2.32. The van der Waals surface area contributed by atoms with E-state index >= 15 is 0 Å². The van der Waals surface area contributed by atoms with Gasteiger partial charge in [-0.15, -0.1) is 0 Å². The van der Waals surface area contributed by atoms with Crippen molar-refractivity contribution in [3.05, 3.63) is 143 Å². The van der Waals surface area contributed by atoms with Gasteiger partial charge in [-0.3, -0.25) is 9.69 Å². The van der Waals surface area contributed by atoms with Crippen LogP contribution in [0.2, 0.25) is 0 Å². The van der Waals surface area contributed by atoms with Gasteiger partial charge in [-0.25, -0.2) is 9.18 Å². The molecule has 4 rings (SSSR count). The number of amides is 1. The second-order valence-corrected chi connectivity index (χ2v) is 10.6. The van der Waals surface area contributed by atoms with Crippen LogP contribution in [0.5, 0.6) is 0 Å². The molecule has 6 heteroatoms. The van der Waals surface area contributed by atoms with E-state index in [0.29, 0.717) is 25.1 Å². The predicted molar refractivity (Wildman–Crippen MR) is 159 cm³/mol. The van der Waals surface area contributed by atoms with Crippen LogP contribution in [-0.2, 0) is 34.0 Å². The van der Waals surface area contributed by atoms with Gasteiger partial charge in [0.15, 0.2) is 0 Å². The number of halogens is 1. The first kappa shape index (κ1) is 29.7. The molecule has 5 nitrogen and oxygen atoms in total. The van der Waals surface area contributed by atoms with Gasteiger partial charge in [0.1, 0.15) is 24.5 Å². The van der Waals surface area contributed by atoms with E-state index in [2.05, 4.69) is 10.2 Å². The number of nitrogens with zero attached hydrogens (tertiary/aromatic N) is 1. The molecule has 0 aliphatic carbocycles. The Hall–Kier alpha value is -4.29. The molecule has 0 unspecified atom stereocenters. The van der Waals surface area contributed by atoms with Crippen molar-refractivity contribution >= 4 is 11.9 Å². The van der Waals surface area contributed by atoms with E-state index in [1.807, 2.05) is 105 Å². The van der Waals surface area contributed by atoms with Crippen molar-refractivity contribution in [2.24, 2.45) is 5.92 Å². The maximum atomic E-state index is 14.2. The summed E-state index contributed by atoms with van der Waals surface area (Å²) in [6.45, 7) is 5.06. The zero-order valence-corrected chi connectivity index (χ0v) is 23.6. The van der Waals surface area contributed by atoms with Crippen LogP contribution in [0.1, 0.15) is 48.6 Å². The highest BCUT2D eigenvalue weighted by atomic mass is 19.1. The molecule has 0 radical (unpaired) electrons. The van der Waals surface area contributed by atoms with E-state index < -0.39 is 18.1 Å². The van der Waals surface area contributed by atoms with E-state index in [1.165, 1.54) is 12.1 Å². The Labute approximate surface area is 242 Å². The third-order valence-corrected chi connectivity index (χ3v) is 6.79. The standard InChI is InChI=1S/C35H37FN2O3/c1-26(2)22-32(35(40)41-25-29-16-10-5-11-17-29)37-34(39)33(30-18-20-31(36)21-19-30)38(23-27-12-6-3-7-13-27)24-28-14-8-4-9-15-28/h3-21,26,32-33H,22-25H2,1-2H3,(H,37,39)/t32-,33+/m0/s1. The Morgan fingerprint density at radius 3 is 1.71 bits per heavy atom. The second kappa shape index (κ2) is 14.9. The summed E-state index contributed by atoms with van der Waals surface area (Å²) in [7, 11) is 0. The molecule has 4 aromatic rings. The number of esters is 1. The van der Waals surface area contributed by atoms with Gasteiger partial charge in [0, 0.05) is 13.1 Å². The molecule has 0 aliphatic heterocycles. The van der Waals surface area contributed by atoms with Gasteiger partial charge in [0.2, 0.25) is 5.91 Å². The Kier molecular flexibility index (Phi) is 10.8. The number of carbonyl (C=O) groups excluding carboxylic acids is 2. The highest BCUT2D eigenvalue weighted by molar-refractivity contribution is 5.88. The number of benzene rings is 4. The lowest BCUT2D eigenvalue weighted by Gasteiger charge is -2.33. The minimum absolute atomic E-state index is 0.125. The van der Waals surface area contributed by atoms with E-state index in [4.69, 9.17) is 4.74 Å². The zero-order chi connectivity index (χ0) is 29.0. The van der Waals surface area contributed by atoms with Gasteiger partial charge in [0.25, 0.3) is 0 Å². The molecule has 0 heterocycles. The van der Waals surface area contributed by atoms with Crippen LogP contribution in [0.25, 0.3) is 0 Å². The molecule has 0 saturated heterocycles. The van der Waals surface area contributed by atoms with E-state index in [-0.39, 0.29) is 24.2 Å². The van der Waals surface area contributed by atoms with Crippen molar-refractivity contribution in [1.82, 2.24) is 10.2 Å². The van der Waals surface area contributed by atoms with Crippen molar-refractivity contribution in [2.45, 2.75) is 52.0 Å². The van der Waals surface area contributed by atoms with Crippen LogP contribution in [0.3, 0.4) is 0 Å². The zero-order valence-electron chi connectivity index (χ0n) is 23.6. The fourth-order valence-corrected chi connectivity index (χ4v) is 4.81. The monoisotopic (exact) mass is 552 g/mol. The van der Waals surface area contributed by atoms with E-state index in [9.17, 15) is 14.0 Å². The maximum absolute atomic E-state index is 14.2. The van der Waals surface area contributed by atoms with Crippen LogP contribution in [0, 0.1) is 11.7 Å². The van der Waals surface area contributed by atoms with Gasteiger partial charge in [-0.05, 0) is 46.7 Å². The number of hydrogen-bond donors (Lipinski definition) is 1. The Morgan fingerprint density at radius 2 is 1.22 bits per heavy atom. The number of nitrogens with one attached hydrogen (secondary N) is 1. The first-order valence-corrected chi connectivity index (χ1v) is 14.0. The molecule has 1 amide bonds. The Bertz CT molecular complexity index is 1320. The summed E-state index contributed by atoms with van der Waals surface area (Å²) in [5.74, 6) is -1.07. The SMILES string of the molecule is CC(C)C[C@H](NC(=O)[C@@H](c1ccc(F)cc1)N(Cc1ccccc1)Cc1ccccc1)C(=O)OCc1ccccc1. The lowest BCUT2D eigenvalue weighted by molar-refractivity contribution is -0.150. The average molecular weight is 553 g/mol. The van der Waals surface area contributed by atoms with Crippen LogP contribution in [0.15, 0.2) is 115 Å². The van der Waals surface area contributed by atoms with Gasteiger partial charge in [-0.2, -0.15) is 0 Å². The number of carbonyl (C=O) groups is 2. The molecule has 212 valence electrons. The fraction of sp³-hybridized carbons (Fsp3) is 0.257. The molecule has 41 heavy (non-hydrogen) atoms. The van der Waals surface area contributed by atoms with Crippen LogP contribution >= 0.6 is 0 Å². The van der Waals surface area contributed by atoms with Crippen molar-refractivity contribution in [3.63, 3.8) is 0 Å². The van der Waals surface area contributed by atoms with Crippen molar-refractivity contribution in [2.75, 3.05) is 0 Å². The third-order valence-electron chi connectivity index (χ3n) is 6.79. The Morgan fingerprint density at radius 1 is 0.732 bits per heavy atom. The molecule has 0 aliphatic rings. The summed E-state index contributed by atoms with van der Waals surface area (Å²) in [6, 6.07) is 33.6. The van der Waals surface area contributed by atoms with Crippen molar-refractivity contribution < 1.29 is 18.7 Å². The third kappa shape index (κ3) is 9.12. The molecular weight excluding hydrogens is 515 g/mol. The molecule has 0 spiro atoms. The minimum Gasteiger partial charge on any atom is -0.459 e. The van der Waals surface area contributed by atoms with Gasteiger partial charge < -0.3 is 10.1 Å².